The summed E-state index contributed by atoms with van der Waals surface area (Å²) in [5, 5.41) is 19.5. The van der Waals surface area contributed by atoms with Gasteiger partial charge in [-0.2, -0.15) is 15.3 Å². The molecule has 0 radical (unpaired) electrons. The Morgan fingerprint density at radius 1 is 1.32 bits per heavy atom. The molecule has 0 aliphatic carbocycles. The highest BCUT2D eigenvalue weighted by molar-refractivity contribution is 6.32. The number of rotatable bonds is 5. The van der Waals surface area contributed by atoms with Gasteiger partial charge in [0, 0.05) is 43.2 Å². The van der Waals surface area contributed by atoms with E-state index in [4.69, 9.17) is 11.6 Å². The molecule has 146 valence electrons. The molecule has 4 rings (SSSR count). The summed E-state index contributed by atoms with van der Waals surface area (Å²) in [5.74, 6) is 1.12. The zero-order chi connectivity index (χ0) is 19.9. The van der Waals surface area contributed by atoms with Crippen molar-refractivity contribution in [2.75, 3.05) is 36.4 Å². The molecule has 2 fully saturated rings. The molecule has 3 atom stereocenters. The van der Waals surface area contributed by atoms with Gasteiger partial charge in [0.25, 0.3) is 0 Å². The number of fused-ring (bicyclic) bond motifs is 1. The molecule has 0 spiro atoms. The lowest BCUT2D eigenvalue weighted by molar-refractivity contribution is -0.110. The van der Waals surface area contributed by atoms with Crippen LogP contribution < -0.4 is 10.2 Å². The Balaban J connectivity index is 1.57. The number of aromatic nitrogens is 4. The first-order valence-electron chi connectivity index (χ1n) is 9.00. The molecule has 0 saturated carbocycles. The van der Waals surface area contributed by atoms with Gasteiger partial charge in [-0.15, -0.1) is 0 Å². The van der Waals surface area contributed by atoms with Crippen LogP contribution in [0.5, 0.6) is 0 Å². The van der Waals surface area contributed by atoms with E-state index in [1.54, 1.807) is 18.6 Å². The molecular formula is C18H21ClN8O. The summed E-state index contributed by atoms with van der Waals surface area (Å²) in [6.45, 7) is 7.23. The van der Waals surface area contributed by atoms with Crippen LogP contribution in [0.15, 0.2) is 18.6 Å². The number of likely N-dealkylation sites (tertiary alicyclic amines) is 1. The van der Waals surface area contributed by atoms with Gasteiger partial charge in [-0.25, -0.2) is 4.98 Å². The van der Waals surface area contributed by atoms with Crippen LogP contribution in [0.4, 0.5) is 17.5 Å². The summed E-state index contributed by atoms with van der Waals surface area (Å²) in [6.07, 6.45) is 5.68. The molecule has 9 nitrogen and oxygen atoms in total. The molecule has 2 aliphatic heterocycles. The monoisotopic (exact) mass is 400 g/mol. The van der Waals surface area contributed by atoms with Crippen molar-refractivity contribution in [1.29, 1.82) is 5.26 Å². The van der Waals surface area contributed by atoms with E-state index in [-0.39, 0.29) is 10.8 Å². The third kappa shape index (κ3) is 2.99. The second-order valence-electron chi connectivity index (χ2n) is 8.07. The first kappa shape index (κ1) is 18.7. The number of halogens is 1. The van der Waals surface area contributed by atoms with Gasteiger partial charge >= 0.3 is 0 Å². The Kier molecular flexibility index (Phi) is 4.48. The third-order valence-corrected chi connectivity index (χ3v) is 6.34. The maximum atomic E-state index is 11.2. The molecule has 0 aromatic carbocycles. The van der Waals surface area contributed by atoms with Crippen molar-refractivity contribution in [1.82, 2.24) is 25.1 Å². The third-order valence-electron chi connectivity index (χ3n) is 6.07. The summed E-state index contributed by atoms with van der Waals surface area (Å²) in [4.78, 5) is 24.2. The molecule has 2 aromatic rings. The second-order valence-corrected chi connectivity index (χ2v) is 8.48. The van der Waals surface area contributed by atoms with E-state index < -0.39 is 6.04 Å². The van der Waals surface area contributed by atoms with Crippen molar-refractivity contribution in [3.05, 3.63) is 23.6 Å². The lowest BCUT2D eigenvalue weighted by Gasteiger charge is -2.30. The van der Waals surface area contributed by atoms with Gasteiger partial charge in [0.15, 0.2) is 18.1 Å². The fourth-order valence-corrected chi connectivity index (χ4v) is 4.56. The Hall–Kier alpha value is -2.70. The van der Waals surface area contributed by atoms with Crippen molar-refractivity contribution in [3.63, 3.8) is 0 Å². The van der Waals surface area contributed by atoms with Crippen LogP contribution in [-0.2, 0) is 4.79 Å². The van der Waals surface area contributed by atoms with Crippen molar-refractivity contribution in [2.45, 2.75) is 19.9 Å². The fourth-order valence-electron chi connectivity index (χ4n) is 4.35. The van der Waals surface area contributed by atoms with Crippen LogP contribution in [0.25, 0.3) is 0 Å². The van der Waals surface area contributed by atoms with Crippen molar-refractivity contribution in [3.8, 4) is 6.07 Å². The quantitative estimate of drug-likeness (QED) is 0.730. The van der Waals surface area contributed by atoms with Gasteiger partial charge in [0.1, 0.15) is 5.02 Å². The van der Waals surface area contributed by atoms with E-state index in [0.29, 0.717) is 29.9 Å². The van der Waals surface area contributed by atoms with E-state index in [1.165, 1.54) is 0 Å². The van der Waals surface area contributed by atoms with Gasteiger partial charge in [-0.1, -0.05) is 25.4 Å². The summed E-state index contributed by atoms with van der Waals surface area (Å²) in [7, 11) is 0. The lowest BCUT2D eigenvalue weighted by Crippen LogP contribution is -2.38. The van der Waals surface area contributed by atoms with Gasteiger partial charge in [-0.3, -0.25) is 10.00 Å². The van der Waals surface area contributed by atoms with Crippen LogP contribution in [0.2, 0.25) is 5.02 Å². The molecule has 2 aromatic heterocycles. The van der Waals surface area contributed by atoms with E-state index in [2.05, 4.69) is 50.3 Å². The van der Waals surface area contributed by atoms with Crippen molar-refractivity contribution in [2.24, 2.45) is 10.8 Å². The topological polar surface area (TPSA) is 114 Å². The number of carbonyl (C=O) groups is 1. The fraction of sp³-hybridized carbons (Fsp3) is 0.500. The van der Waals surface area contributed by atoms with Crippen molar-refractivity contribution < 1.29 is 4.79 Å². The maximum absolute atomic E-state index is 11.2. The summed E-state index contributed by atoms with van der Waals surface area (Å²) in [5.41, 5.74) is 0.590. The number of hydrogen-bond donors (Lipinski definition) is 2. The highest BCUT2D eigenvalue weighted by atomic mass is 35.5. The number of aromatic amines is 1. The molecular weight excluding hydrogens is 380 g/mol. The Bertz CT molecular complexity index is 908. The van der Waals surface area contributed by atoms with Gasteiger partial charge in [-0.05, 0) is 0 Å². The first-order valence-corrected chi connectivity index (χ1v) is 9.37. The number of aldehydes is 1. The molecule has 2 saturated heterocycles. The number of carbonyl (C=O) groups excluding carboxylic acids is 1. The number of nitrogens with one attached hydrogen (secondary N) is 2. The average molecular weight is 401 g/mol. The van der Waals surface area contributed by atoms with E-state index in [0.717, 1.165) is 25.1 Å². The predicted octanol–water partition coefficient (Wildman–Crippen LogP) is 1.84. The normalized spacial score (nSPS) is 28.0. The number of nitriles is 1. The number of nitrogens with zero attached hydrogens (tertiary/aromatic N) is 6. The Morgan fingerprint density at radius 2 is 2.04 bits per heavy atom. The van der Waals surface area contributed by atoms with Crippen LogP contribution in [0, 0.1) is 22.2 Å². The van der Waals surface area contributed by atoms with E-state index in [9.17, 15) is 10.1 Å². The standard InChI is InChI=1S/C18H21ClN8O/c1-17-8-26(13(3-20)7-28)9-18(17,2)11-27(10-17)15-14(19)6-21-16(25-15)24-12-4-22-23-5-12/h4-7,13H,8-11H2,1-2H3,(H,22,23)(H,21,24,25)/t13?,17-,18+. The first-order chi connectivity index (χ1) is 13.4. The highest BCUT2D eigenvalue weighted by Crippen LogP contribution is 2.53. The molecule has 0 amide bonds. The minimum Gasteiger partial charge on any atom is -0.354 e. The lowest BCUT2D eigenvalue weighted by atomic mass is 9.71. The van der Waals surface area contributed by atoms with Crippen molar-refractivity contribution >= 4 is 35.3 Å². The van der Waals surface area contributed by atoms with Crippen LogP contribution in [0.3, 0.4) is 0 Å². The smallest absolute Gasteiger partial charge is 0.229 e. The Labute approximate surface area is 167 Å². The zero-order valence-electron chi connectivity index (χ0n) is 15.7. The number of H-pyrrole nitrogens is 1. The largest absolute Gasteiger partial charge is 0.354 e. The summed E-state index contributed by atoms with van der Waals surface area (Å²) >= 11 is 6.42. The minimum absolute atomic E-state index is 0.0858. The van der Waals surface area contributed by atoms with Gasteiger partial charge in [0.2, 0.25) is 5.95 Å². The molecule has 4 heterocycles. The molecule has 28 heavy (non-hydrogen) atoms. The Morgan fingerprint density at radius 3 is 2.61 bits per heavy atom. The SMILES string of the molecule is C[C@@]12CN(c3nc(Nc4cn[nH]c4)ncc3Cl)C[C@]1(C)CN(C(C#N)C=O)C2. The number of anilines is 3. The summed E-state index contributed by atoms with van der Waals surface area (Å²) < 4.78 is 0. The molecule has 10 heteroatoms. The molecule has 2 N–H and O–H groups in total. The second kappa shape index (κ2) is 6.72. The van der Waals surface area contributed by atoms with Crippen LogP contribution >= 0.6 is 11.6 Å². The van der Waals surface area contributed by atoms with Crippen LogP contribution in [-0.4, -0.2) is 63.6 Å². The molecule has 0 bridgehead atoms. The summed E-state index contributed by atoms with van der Waals surface area (Å²) in [6, 6.07) is 1.39. The van der Waals surface area contributed by atoms with Crippen LogP contribution in [0.1, 0.15) is 13.8 Å². The molecule has 2 aliphatic rings. The number of hydrogen-bond acceptors (Lipinski definition) is 8. The highest BCUT2D eigenvalue weighted by Gasteiger charge is 2.58. The van der Waals surface area contributed by atoms with Gasteiger partial charge in [0.05, 0.1) is 24.2 Å². The zero-order valence-corrected chi connectivity index (χ0v) is 16.4. The predicted molar refractivity (Wildman–Crippen MR) is 104 cm³/mol. The van der Waals surface area contributed by atoms with E-state index in [1.807, 2.05) is 4.90 Å². The van der Waals surface area contributed by atoms with Gasteiger partial charge < -0.3 is 15.0 Å². The average Bonchev–Trinajstić information content (AvgIpc) is 3.30. The molecule has 1 unspecified atom stereocenters. The maximum Gasteiger partial charge on any atom is 0.229 e. The minimum atomic E-state index is -0.693. The van der Waals surface area contributed by atoms with E-state index >= 15 is 0 Å².